The van der Waals surface area contributed by atoms with Crippen molar-refractivity contribution in [1.29, 1.82) is 0 Å². The predicted octanol–water partition coefficient (Wildman–Crippen LogP) is 15.7. The number of para-hydroxylation sites is 1. The maximum Gasteiger partial charge on any atom is 0.0480 e. The predicted molar refractivity (Wildman–Crippen MR) is 255 cm³/mol. The summed E-state index contributed by atoms with van der Waals surface area (Å²) < 4.78 is 2.20. The fraction of sp³-hybridized carbons (Fsp3) is 0.500. The van der Waals surface area contributed by atoms with E-state index in [0.717, 1.165) is 5.92 Å². The highest BCUT2D eigenvalue weighted by Gasteiger charge is 2.29. The molecule has 1 aliphatic heterocycles. The lowest BCUT2D eigenvalue weighted by atomic mass is 9.80. The largest absolute Gasteiger partial charge is 0.350 e. The number of benzene rings is 3. The van der Waals surface area contributed by atoms with E-state index in [2.05, 4.69) is 235 Å². The van der Waals surface area contributed by atoms with Crippen molar-refractivity contribution in [3.05, 3.63) is 129 Å². The number of fused-ring (bicyclic) bond motifs is 2. The van der Waals surface area contributed by atoms with Crippen LogP contribution in [0.4, 0.5) is 0 Å². The molecule has 1 atom stereocenters. The van der Waals surface area contributed by atoms with Crippen LogP contribution in [-0.2, 0) is 28.7 Å². The molecule has 0 bridgehead atoms. The zero-order chi connectivity index (χ0) is 42.1. The van der Waals surface area contributed by atoms with E-state index in [0.29, 0.717) is 16.2 Å². The van der Waals surface area contributed by atoms with Crippen LogP contribution in [0.3, 0.4) is 0 Å². The molecular formula is C52H76N2S2. The number of likely N-dealkylation sites (tertiary alicyclic amines) is 1. The summed E-state index contributed by atoms with van der Waals surface area (Å²) in [5, 5.41) is 10.5. The summed E-state index contributed by atoms with van der Waals surface area (Å²) in [6, 6.07) is 30.2. The number of hydrogen-bond acceptors (Lipinski definition) is 3. The highest BCUT2D eigenvalue weighted by atomic mass is 32.1. The van der Waals surface area contributed by atoms with Crippen molar-refractivity contribution in [3.8, 4) is 0 Å². The first-order valence-electron chi connectivity index (χ1n) is 20.6. The Kier molecular flexibility index (Phi) is 16.4. The van der Waals surface area contributed by atoms with Gasteiger partial charge in [0.1, 0.15) is 0 Å². The van der Waals surface area contributed by atoms with Gasteiger partial charge in [-0.2, -0.15) is 11.3 Å². The molecule has 3 aromatic carbocycles. The maximum atomic E-state index is 2.43. The molecule has 2 nitrogen and oxygen atoms in total. The van der Waals surface area contributed by atoms with Crippen LogP contribution >= 0.6 is 22.7 Å². The Morgan fingerprint density at radius 1 is 0.554 bits per heavy atom. The summed E-state index contributed by atoms with van der Waals surface area (Å²) in [6.45, 7) is 36.6. The number of aryl methyl sites for hydroxylation is 1. The second-order valence-corrected chi connectivity index (χ2v) is 22.5. The molecule has 1 unspecified atom stereocenters. The molecule has 3 aromatic heterocycles. The lowest BCUT2D eigenvalue weighted by Crippen LogP contribution is -2.23. The van der Waals surface area contributed by atoms with Gasteiger partial charge in [-0.1, -0.05) is 171 Å². The Balaban J connectivity index is 0.000000191. The minimum atomic E-state index is 0.223. The summed E-state index contributed by atoms with van der Waals surface area (Å²) >= 11 is 3.60. The second kappa shape index (κ2) is 19.5. The topological polar surface area (TPSA) is 8.17 Å². The molecule has 0 radical (unpaired) electrons. The van der Waals surface area contributed by atoms with E-state index >= 15 is 0 Å². The third-order valence-electron chi connectivity index (χ3n) is 10.6. The second-order valence-electron chi connectivity index (χ2n) is 20.8. The van der Waals surface area contributed by atoms with Crippen LogP contribution in [-0.4, -0.2) is 29.6 Å². The lowest BCUT2D eigenvalue weighted by molar-refractivity contribution is 0.241. The minimum Gasteiger partial charge on any atom is -0.350 e. The van der Waals surface area contributed by atoms with Gasteiger partial charge in [0.15, 0.2) is 0 Å². The van der Waals surface area contributed by atoms with Gasteiger partial charge in [0, 0.05) is 35.6 Å². The number of rotatable bonds is 0. The van der Waals surface area contributed by atoms with Crippen LogP contribution in [0.25, 0.3) is 21.7 Å². The van der Waals surface area contributed by atoms with E-state index in [1.54, 1.807) is 11.3 Å². The quantitative estimate of drug-likeness (QED) is 0.149. The number of thiophene rings is 2. The molecule has 7 rings (SSSR count). The normalized spacial score (nSPS) is 15.1. The first-order chi connectivity index (χ1) is 25.8. The van der Waals surface area contributed by atoms with Gasteiger partial charge in [-0.25, -0.2) is 0 Å². The fourth-order valence-electron chi connectivity index (χ4n) is 6.86. The summed E-state index contributed by atoms with van der Waals surface area (Å²) in [6.07, 6.45) is 3.63. The first kappa shape index (κ1) is 47.2. The van der Waals surface area contributed by atoms with Gasteiger partial charge < -0.3 is 9.47 Å². The van der Waals surface area contributed by atoms with Gasteiger partial charge in [-0.05, 0) is 115 Å². The van der Waals surface area contributed by atoms with E-state index in [1.807, 2.05) is 11.3 Å². The van der Waals surface area contributed by atoms with Gasteiger partial charge in [-0.3, -0.25) is 0 Å². The molecule has 1 fully saturated rings. The summed E-state index contributed by atoms with van der Waals surface area (Å²) in [7, 11) is 4.32. The smallest absolute Gasteiger partial charge is 0.0480 e. The molecule has 0 N–H and O–H groups in total. The number of aromatic nitrogens is 1. The summed E-state index contributed by atoms with van der Waals surface area (Å²) in [5.41, 5.74) is 7.25. The van der Waals surface area contributed by atoms with Gasteiger partial charge >= 0.3 is 0 Å². The third kappa shape index (κ3) is 14.3. The van der Waals surface area contributed by atoms with Crippen LogP contribution < -0.4 is 0 Å². The van der Waals surface area contributed by atoms with Crippen molar-refractivity contribution in [1.82, 2.24) is 9.47 Å². The molecule has 1 saturated heterocycles. The molecule has 1 aliphatic rings. The Bertz CT molecular complexity index is 1960. The SMILES string of the molecule is CC(C)(C)c1cccc2ccccc12.CC(C)(C)c1cccs1.CC(C)(C)c1ccsc1.CN1CCC(C(C)(C)C)C1.Cn1cc(C(C)(C)C)c2ccccc21. The molecule has 56 heavy (non-hydrogen) atoms. The molecule has 4 heteroatoms. The Hall–Kier alpha value is -3.18. The average Bonchev–Trinajstić information content (AvgIpc) is 3.92. The zero-order valence-electron chi connectivity index (χ0n) is 38.3. The molecular weight excluding hydrogens is 717 g/mol. The van der Waals surface area contributed by atoms with Gasteiger partial charge in [0.25, 0.3) is 0 Å². The monoisotopic (exact) mass is 793 g/mol. The summed E-state index contributed by atoms with van der Waals surface area (Å²) in [5.74, 6) is 0.914. The van der Waals surface area contributed by atoms with Crippen LogP contribution in [0.5, 0.6) is 0 Å². The van der Waals surface area contributed by atoms with Crippen molar-refractivity contribution in [2.45, 2.75) is 132 Å². The highest BCUT2D eigenvalue weighted by Crippen LogP contribution is 2.33. The molecule has 4 heterocycles. The van der Waals surface area contributed by atoms with Crippen molar-refractivity contribution < 1.29 is 0 Å². The van der Waals surface area contributed by atoms with Crippen molar-refractivity contribution in [2.24, 2.45) is 18.4 Å². The Morgan fingerprint density at radius 2 is 1.14 bits per heavy atom. The molecule has 0 spiro atoms. The molecule has 0 aliphatic carbocycles. The molecule has 0 amide bonds. The van der Waals surface area contributed by atoms with Gasteiger partial charge in [0.2, 0.25) is 0 Å². The Labute approximate surface area is 351 Å². The molecule has 6 aromatic rings. The zero-order valence-corrected chi connectivity index (χ0v) is 39.9. The standard InChI is InChI=1S/C14H16.C13H17N.C9H19N.2C8H12S/c1-14(2,3)13-10-6-8-11-7-4-5-9-12(11)13;1-13(2,3)11-9-14(4)12-8-6-5-7-10(11)12;1-9(2,3)8-5-6-10(4)7-8;1-8(2,3)7-4-5-9-6-7;1-8(2,3)7-5-4-6-9-7/h4-10H,1-3H3;5-9H,1-4H3;8H,5-7H2,1-4H3;2*4-6H,1-3H3. The first-order valence-corrected chi connectivity index (χ1v) is 22.4. The van der Waals surface area contributed by atoms with Crippen LogP contribution in [0.15, 0.2) is 107 Å². The van der Waals surface area contributed by atoms with E-state index in [4.69, 9.17) is 0 Å². The third-order valence-corrected chi connectivity index (χ3v) is 12.5. The van der Waals surface area contributed by atoms with E-state index in [-0.39, 0.29) is 10.8 Å². The Morgan fingerprint density at radius 3 is 1.57 bits per heavy atom. The van der Waals surface area contributed by atoms with Gasteiger partial charge in [0.05, 0.1) is 0 Å². The molecule has 0 saturated carbocycles. The highest BCUT2D eigenvalue weighted by molar-refractivity contribution is 7.10. The van der Waals surface area contributed by atoms with E-state index in [1.165, 1.54) is 62.8 Å². The van der Waals surface area contributed by atoms with Crippen molar-refractivity contribution in [2.75, 3.05) is 20.1 Å². The van der Waals surface area contributed by atoms with Crippen molar-refractivity contribution in [3.63, 3.8) is 0 Å². The average molecular weight is 793 g/mol. The van der Waals surface area contributed by atoms with Crippen LogP contribution in [0.1, 0.15) is 132 Å². The minimum absolute atomic E-state index is 0.223. The lowest BCUT2D eigenvalue weighted by Gasteiger charge is -2.26. The van der Waals surface area contributed by atoms with E-state index < -0.39 is 0 Å². The van der Waals surface area contributed by atoms with Crippen molar-refractivity contribution >= 4 is 44.3 Å². The van der Waals surface area contributed by atoms with Gasteiger partial charge in [-0.15, -0.1) is 11.3 Å². The van der Waals surface area contributed by atoms with Crippen LogP contribution in [0, 0.1) is 11.3 Å². The summed E-state index contributed by atoms with van der Waals surface area (Å²) in [4.78, 5) is 3.89. The molecule has 306 valence electrons. The maximum absolute atomic E-state index is 2.43. The van der Waals surface area contributed by atoms with Crippen LogP contribution in [0.2, 0.25) is 0 Å². The number of hydrogen-bond donors (Lipinski definition) is 0. The number of nitrogens with zero attached hydrogens (tertiary/aromatic N) is 2. The fourth-order valence-corrected chi connectivity index (χ4v) is 8.55. The van der Waals surface area contributed by atoms with E-state index in [9.17, 15) is 0 Å².